The lowest BCUT2D eigenvalue weighted by Gasteiger charge is -2.36. The van der Waals surface area contributed by atoms with E-state index in [-0.39, 0.29) is 17.5 Å². The Labute approximate surface area is 160 Å². The maximum Gasteiger partial charge on any atom is 0.226 e. The highest BCUT2D eigenvalue weighted by Crippen LogP contribution is 2.36. The van der Waals surface area contributed by atoms with Crippen molar-refractivity contribution in [2.45, 2.75) is 25.5 Å². The van der Waals surface area contributed by atoms with Crippen molar-refractivity contribution in [3.05, 3.63) is 53.3 Å². The fourth-order valence-electron chi connectivity index (χ4n) is 3.73. The molecule has 0 radical (unpaired) electrons. The van der Waals surface area contributed by atoms with Crippen molar-refractivity contribution in [1.29, 1.82) is 0 Å². The van der Waals surface area contributed by atoms with Crippen LogP contribution in [0.2, 0.25) is 0 Å². The van der Waals surface area contributed by atoms with Crippen molar-refractivity contribution in [3.63, 3.8) is 0 Å². The maximum absolute atomic E-state index is 14.0. The molecule has 2 aromatic rings. The van der Waals surface area contributed by atoms with Crippen LogP contribution in [0, 0.1) is 17.5 Å². The lowest BCUT2D eigenvalue weighted by atomic mass is 10.1. The van der Waals surface area contributed by atoms with Crippen LogP contribution in [0.4, 0.5) is 24.5 Å². The maximum atomic E-state index is 14.0. The van der Waals surface area contributed by atoms with Gasteiger partial charge in [-0.25, -0.2) is 13.2 Å². The Morgan fingerprint density at radius 3 is 2.82 bits per heavy atom. The van der Waals surface area contributed by atoms with Gasteiger partial charge in [-0.2, -0.15) is 0 Å². The summed E-state index contributed by atoms with van der Waals surface area (Å²) in [5, 5.41) is 6.19. The van der Waals surface area contributed by atoms with Gasteiger partial charge in [-0.1, -0.05) is 0 Å². The summed E-state index contributed by atoms with van der Waals surface area (Å²) in [5.41, 5.74) is 1.45. The number of carbonyl (C=O) groups excluding carboxylic acids is 1. The molecule has 1 amide bonds. The molecule has 0 bridgehead atoms. The molecule has 2 heterocycles. The molecule has 0 aromatic heterocycles. The molecule has 2 N–H and O–H groups in total. The topological polar surface area (TPSA) is 53.6 Å². The number of hydrogen-bond donors (Lipinski definition) is 2. The Kier molecular flexibility index (Phi) is 4.89. The zero-order chi connectivity index (χ0) is 19.8. The first kappa shape index (κ1) is 18.6. The summed E-state index contributed by atoms with van der Waals surface area (Å²) in [6, 6.07) is 7.27. The Balaban J connectivity index is 1.63. The standard InChI is InChI=1S/C20H20F3N3O2/c1-11(14-3-4-15(21)20(23)19(14)22)28-13-2-5-16-17(9-13)26-7-6-24-10-12(26)8-18(27)25-16/h2-5,9,11-12,24H,6-8,10H2,1H3,(H,25,27)/t11-,12+/m1/s1. The number of carbonyl (C=O) groups is 1. The van der Waals surface area contributed by atoms with Gasteiger partial charge in [0.1, 0.15) is 11.9 Å². The molecule has 1 fully saturated rings. The van der Waals surface area contributed by atoms with Crippen molar-refractivity contribution >= 4 is 17.3 Å². The van der Waals surface area contributed by atoms with Gasteiger partial charge in [0, 0.05) is 37.7 Å². The fourth-order valence-corrected chi connectivity index (χ4v) is 3.73. The van der Waals surface area contributed by atoms with Crippen molar-refractivity contribution in [1.82, 2.24) is 5.32 Å². The first-order chi connectivity index (χ1) is 13.4. The van der Waals surface area contributed by atoms with Gasteiger partial charge in [-0.05, 0) is 31.2 Å². The summed E-state index contributed by atoms with van der Waals surface area (Å²) in [4.78, 5) is 14.3. The third-order valence-electron chi connectivity index (χ3n) is 5.14. The van der Waals surface area contributed by atoms with Crippen LogP contribution < -0.4 is 20.3 Å². The molecule has 2 aromatic carbocycles. The van der Waals surface area contributed by atoms with Crippen LogP contribution in [-0.2, 0) is 4.79 Å². The van der Waals surface area contributed by atoms with E-state index in [0.29, 0.717) is 24.4 Å². The van der Waals surface area contributed by atoms with Gasteiger partial charge in [-0.15, -0.1) is 0 Å². The van der Waals surface area contributed by atoms with Crippen LogP contribution in [0.5, 0.6) is 5.75 Å². The number of ether oxygens (including phenoxy) is 1. The average Bonchev–Trinajstić information content (AvgIpc) is 2.81. The summed E-state index contributed by atoms with van der Waals surface area (Å²) >= 11 is 0. The second-order valence-electron chi connectivity index (χ2n) is 7.01. The van der Waals surface area contributed by atoms with Crippen LogP contribution in [0.3, 0.4) is 0 Å². The monoisotopic (exact) mass is 391 g/mol. The zero-order valence-corrected chi connectivity index (χ0v) is 15.3. The van der Waals surface area contributed by atoms with E-state index in [0.717, 1.165) is 24.8 Å². The summed E-state index contributed by atoms with van der Waals surface area (Å²) in [6.45, 7) is 3.81. The lowest BCUT2D eigenvalue weighted by molar-refractivity contribution is -0.116. The number of anilines is 2. The first-order valence-corrected chi connectivity index (χ1v) is 9.15. The minimum absolute atomic E-state index is 0.0336. The van der Waals surface area contributed by atoms with E-state index in [1.54, 1.807) is 25.1 Å². The average molecular weight is 391 g/mol. The number of hydrogen-bond acceptors (Lipinski definition) is 4. The molecule has 0 unspecified atom stereocenters. The molecule has 28 heavy (non-hydrogen) atoms. The second-order valence-corrected chi connectivity index (χ2v) is 7.01. The number of fused-ring (bicyclic) bond motifs is 3. The minimum Gasteiger partial charge on any atom is -0.486 e. The summed E-state index contributed by atoms with van der Waals surface area (Å²) in [6.07, 6.45) is -0.443. The van der Waals surface area contributed by atoms with Gasteiger partial charge in [-0.3, -0.25) is 4.79 Å². The molecule has 2 aliphatic heterocycles. The summed E-state index contributed by atoms with van der Waals surface area (Å²) < 4.78 is 46.5. The van der Waals surface area contributed by atoms with Crippen LogP contribution in [0.1, 0.15) is 25.0 Å². The van der Waals surface area contributed by atoms with Crippen LogP contribution in [0.25, 0.3) is 0 Å². The Morgan fingerprint density at radius 1 is 1.18 bits per heavy atom. The van der Waals surface area contributed by atoms with Gasteiger partial charge >= 0.3 is 0 Å². The van der Waals surface area contributed by atoms with Crippen LogP contribution in [-0.4, -0.2) is 31.6 Å². The van der Waals surface area contributed by atoms with E-state index in [9.17, 15) is 18.0 Å². The number of nitrogens with zero attached hydrogens (tertiary/aromatic N) is 1. The van der Waals surface area contributed by atoms with Crippen LogP contribution >= 0.6 is 0 Å². The summed E-state index contributed by atoms with van der Waals surface area (Å²) in [5.74, 6) is -3.61. The zero-order valence-electron chi connectivity index (χ0n) is 15.3. The lowest BCUT2D eigenvalue weighted by Crippen LogP contribution is -2.51. The minimum atomic E-state index is -1.51. The smallest absolute Gasteiger partial charge is 0.226 e. The molecule has 8 heteroatoms. The quantitative estimate of drug-likeness (QED) is 0.788. The predicted octanol–water partition coefficient (Wildman–Crippen LogP) is 3.36. The van der Waals surface area contributed by atoms with Gasteiger partial charge in [0.2, 0.25) is 5.91 Å². The molecule has 0 saturated carbocycles. The Hall–Kier alpha value is -2.74. The highest BCUT2D eigenvalue weighted by molar-refractivity contribution is 5.97. The molecular formula is C20H20F3N3O2. The molecular weight excluding hydrogens is 371 g/mol. The van der Waals surface area contributed by atoms with E-state index in [4.69, 9.17) is 4.74 Å². The number of rotatable bonds is 3. The molecule has 0 spiro atoms. The number of nitrogens with one attached hydrogen (secondary N) is 2. The molecule has 1 saturated heterocycles. The molecule has 5 nitrogen and oxygen atoms in total. The summed E-state index contributed by atoms with van der Waals surface area (Å²) in [7, 11) is 0. The predicted molar refractivity (Wildman–Crippen MR) is 99.1 cm³/mol. The highest BCUT2D eigenvalue weighted by atomic mass is 19.2. The number of piperazine rings is 1. The van der Waals surface area contributed by atoms with Gasteiger partial charge in [0.15, 0.2) is 17.5 Å². The van der Waals surface area contributed by atoms with E-state index in [2.05, 4.69) is 15.5 Å². The molecule has 2 atom stereocenters. The van der Waals surface area contributed by atoms with Crippen molar-refractivity contribution in [3.8, 4) is 5.75 Å². The third-order valence-corrected chi connectivity index (χ3v) is 5.14. The molecule has 148 valence electrons. The molecule has 0 aliphatic carbocycles. The van der Waals surface area contributed by atoms with Crippen molar-refractivity contribution in [2.75, 3.05) is 29.9 Å². The first-order valence-electron chi connectivity index (χ1n) is 9.15. The Morgan fingerprint density at radius 2 is 2.00 bits per heavy atom. The van der Waals surface area contributed by atoms with Gasteiger partial charge < -0.3 is 20.3 Å². The molecule has 2 aliphatic rings. The van der Waals surface area contributed by atoms with Crippen molar-refractivity contribution in [2.24, 2.45) is 0 Å². The highest BCUT2D eigenvalue weighted by Gasteiger charge is 2.30. The number of amides is 1. The van der Waals surface area contributed by atoms with E-state index in [1.165, 1.54) is 6.07 Å². The van der Waals surface area contributed by atoms with E-state index >= 15 is 0 Å². The number of benzene rings is 2. The largest absolute Gasteiger partial charge is 0.486 e. The molecule has 4 rings (SSSR count). The van der Waals surface area contributed by atoms with Gasteiger partial charge in [0.05, 0.1) is 17.4 Å². The normalized spacial score (nSPS) is 19.9. The fraction of sp³-hybridized carbons (Fsp3) is 0.350. The third kappa shape index (κ3) is 3.40. The van der Waals surface area contributed by atoms with E-state index < -0.39 is 23.6 Å². The van der Waals surface area contributed by atoms with Crippen LogP contribution in [0.15, 0.2) is 30.3 Å². The van der Waals surface area contributed by atoms with Crippen molar-refractivity contribution < 1.29 is 22.7 Å². The van der Waals surface area contributed by atoms with Gasteiger partial charge in [0.25, 0.3) is 0 Å². The van der Waals surface area contributed by atoms with E-state index in [1.807, 2.05) is 0 Å². The number of halogens is 3. The second kappa shape index (κ2) is 7.35. The SMILES string of the molecule is C[C@@H](Oc1ccc2c(c1)N1CCNC[C@@H]1CC(=O)N2)c1ccc(F)c(F)c1F. The Bertz CT molecular complexity index is 922.